The summed E-state index contributed by atoms with van der Waals surface area (Å²) in [6, 6.07) is 16.3. The zero-order valence-corrected chi connectivity index (χ0v) is 21.4. The van der Waals surface area contributed by atoms with Crippen LogP contribution in [-0.2, 0) is 9.59 Å². The van der Waals surface area contributed by atoms with Crippen LogP contribution in [0.3, 0.4) is 0 Å². The highest BCUT2D eigenvalue weighted by Gasteiger charge is 2.32. The lowest BCUT2D eigenvalue weighted by atomic mass is 9.98. The minimum atomic E-state index is -0.951. The number of carbonyl (C=O) groups is 2. The van der Waals surface area contributed by atoms with E-state index in [9.17, 15) is 14.7 Å². The molecular formula is C28H25N5O3S. The summed E-state index contributed by atoms with van der Waals surface area (Å²) in [6.07, 6.45) is 3.06. The second kappa shape index (κ2) is 9.94. The van der Waals surface area contributed by atoms with Crippen LogP contribution in [-0.4, -0.2) is 37.5 Å². The first-order chi connectivity index (χ1) is 17.8. The average molecular weight is 512 g/mol. The number of aromatic nitrogens is 3. The Morgan fingerprint density at radius 1 is 1.05 bits per heavy atom. The van der Waals surface area contributed by atoms with E-state index in [1.807, 2.05) is 66.1 Å². The molecule has 37 heavy (non-hydrogen) atoms. The van der Waals surface area contributed by atoms with Gasteiger partial charge in [0.1, 0.15) is 16.9 Å². The fourth-order valence-electron chi connectivity index (χ4n) is 4.32. The van der Waals surface area contributed by atoms with Crippen molar-refractivity contribution >= 4 is 40.7 Å². The molecule has 1 atom stereocenters. The number of hydrogen-bond donors (Lipinski definition) is 2. The van der Waals surface area contributed by atoms with Crippen LogP contribution >= 0.6 is 11.3 Å². The van der Waals surface area contributed by atoms with Gasteiger partial charge in [-0.25, -0.2) is 0 Å². The van der Waals surface area contributed by atoms with Crippen LogP contribution in [0.5, 0.6) is 0 Å². The van der Waals surface area contributed by atoms with E-state index in [0.717, 1.165) is 43.5 Å². The number of nitrogens with one attached hydrogen (secondary N) is 1. The van der Waals surface area contributed by atoms with Crippen LogP contribution in [0.2, 0.25) is 0 Å². The maximum Gasteiger partial charge on any atom is 0.306 e. The van der Waals surface area contributed by atoms with Gasteiger partial charge in [-0.3, -0.25) is 19.1 Å². The Balaban J connectivity index is 1.49. The molecule has 2 aromatic carbocycles. The summed E-state index contributed by atoms with van der Waals surface area (Å²) in [6.45, 7) is 5.98. The third kappa shape index (κ3) is 4.85. The molecule has 0 fully saturated rings. The molecule has 1 aliphatic rings. The van der Waals surface area contributed by atoms with Crippen LogP contribution in [0.15, 0.2) is 65.7 Å². The predicted molar refractivity (Wildman–Crippen MR) is 145 cm³/mol. The number of aliphatic carboxylic acids is 1. The standard InChI is InChI=1S/C28H25N5O3S/c1-16-17(2)37-28-25(16)26(30-22(15-24(35)36)27-32-31-18(3)33(27)28)20-12-9-19(10-13-20)11-14-23(34)29-21-7-5-4-6-8-21/h4-14,22H,15H2,1-3H3,(H,29,34)(H,35,36)/t22-/m0/s1. The Morgan fingerprint density at radius 3 is 2.49 bits per heavy atom. The Kier molecular flexibility index (Phi) is 6.54. The molecule has 0 saturated heterocycles. The zero-order valence-electron chi connectivity index (χ0n) is 20.6. The minimum Gasteiger partial charge on any atom is -0.481 e. The first kappa shape index (κ1) is 24.3. The number of aliphatic imine (C=N–C) groups is 1. The van der Waals surface area contributed by atoms with E-state index >= 15 is 0 Å². The van der Waals surface area contributed by atoms with E-state index in [1.165, 1.54) is 6.08 Å². The maximum absolute atomic E-state index is 12.3. The summed E-state index contributed by atoms with van der Waals surface area (Å²) in [7, 11) is 0. The van der Waals surface area contributed by atoms with Gasteiger partial charge >= 0.3 is 5.97 Å². The van der Waals surface area contributed by atoms with E-state index in [4.69, 9.17) is 4.99 Å². The third-order valence-electron chi connectivity index (χ3n) is 6.26. The summed E-state index contributed by atoms with van der Waals surface area (Å²) in [5.74, 6) is 0.0556. The fourth-order valence-corrected chi connectivity index (χ4v) is 5.53. The van der Waals surface area contributed by atoms with Crippen molar-refractivity contribution in [3.63, 3.8) is 0 Å². The van der Waals surface area contributed by atoms with E-state index in [1.54, 1.807) is 17.4 Å². The lowest BCUT2D eigenvalue weighted by Crippen LogP contribution is -2.10. The second-order valence-electron chi connectivity index (χ2n) is 8.81. The molecule has 0 unspecified atom stereocenters. The lowest BCUT2D eigenvalue weighted by Gasteiger charge is -2.11. The van der Waals surface area contributed by atoms with Crippen molar-refractivity contribution in [2.45, 2.75) is 33.2 Å². The van der Waals surface area contributed by atoms with Gasteiger partial charge in [-0.1, -0.05) is 42.5 Å². The first-order valence-electron chi connectivity index (χ1n) is 11.8. The number of carbonyl (C=O) groups excluding carboxylic acids is 1. The van der Waals surface area contributed by atoms with Gasteiger partial charge in [0.2, 0.25) is 5.91 Å². The van der Waals surface area contributed by atoms with Crippen LogP contribution in [0.4, 0.5) is 5.69 Å². The number of aryl methyl sites for hydroxylation is 2. The van der Waals surface area contributed by atoms with Crippen molar-refractivity contribution in [2.24, 2.45) is 4.99 Å². The van der Waals surface area contributed by atoms with Gasteiger partial charge < -0.3 is 10.4 Å². The van der Waals surface area contributed by atoms with Gasteiger partial charge in [0.15, 0.2) is 5.82 Å². The highest BCUT2D eigenvalue weighted by molar-refractivity contribution is 7.15. The molecule has 1 amide bonds. The quantitative estimate of drug-likeness (QED) is 0.343. The molecule has 3 heterocycles. The van der Waals surface area contributed by atoms with Gasteiger partial charge in [0.05, 0.1) is 12.1 Å². The van der Waals surface area contributed by atoms with Gasteiger partial charge in [-0.05, 0) is 50.1 Å². The number of hydrogen-bond acceptors (Lipinski definition) is 6. The largest absolute Gasteiger partial charge is 0.481 e. The normalized spacial score (nSPS) is 14.6. The number of carboxylic acid groups (broad SMARTS) is 1. The van der Waals surface area contributed by atoms with E-state index in [0.29, 0.717) is 11.6 Å². The second-order valence-corrected chi connectivity index (χ2v) is 10.0. The molecule has 9 heteroatoms. The molecule has 0 bridgehead atoms. The smallest absolute Gasteiger partial charge is 0.306 e. The van der Waals surface area contributed by atoms with Crippen molar-refractivity contribution in [1.29, 1.82) is 0 Å². The highest BCUT2D eigenvalue weighted by Crippen LogP contribution is 2.39. The Labute approximate surface area is 218 Å². The van der Waals surface area contributed by atoms with Crippen molar-refractivity contribution in [3.05, 3.63) is 99.5 Å². The number of rotatable bonds is 6. The number of amides is 1. The fraction of sp³-hybridized carbons (Fsp3) is 0.179. The van der Waals surface area contributed by atoms with E-state index < -0.39 is 12.0 Å². The van der Waals surface area contributed by atoms with Crippen molar-refractivity contribution in [2.75, 3.05) is 5.32 Å². The van der Waals surface area contributed by atoms with E-state index in [-0.39, 0.29) is 12.3 Å². The van der Waals surface area contributed by atoms with Gasteiger partial charge in [-0.2, -0.15) is 0 Å². The van der Waals surface area contributed by atoms with Crippen molar-refractivity contribution in [3.8, 4) is 5.00 Å². The summed E-state index contributed by atoms with van der Waals surface area (Å²) in [5, 5.41) is 21.9. The third-order valence-corrected chi connectivity index (χ3v) is 7.45. The molecule has 2 N–H and O–H groups in total. The van der Waals surface area contributed by atoms with E-state index in [2.05, 4.69) is 29.4 Å². The molecule has 0 aliphatic carbocycles. The maximum atomic E-state index is 12.3. The molecule has 0 radical (unpaired) electrons. The lowest BCUT2D eigenvalue weighted by molar-refractivity contribution is -0.137. The SMILES string of the molecule is Cc1sc2c(c1C)C(c1ccc(C=CC(=O)Nc3ccccc3)cc1)=N[C@@H](CC(=O)O)c1nnc(C)n1-2. The topological polar surface area (TPSA) is 109 Å². The number of para-hydroxylation sites is 1. The van der Waals surface area contributed by atoms with Gasteiger partial charge in [0.25, 0.3) is 0 Å². The molecule has 0 spiro atoms. The number of fused-ring (bicyclic) bond motifs is 3. The van der Waals surface area contributed by atoms with Gasteiger partial charge in [-0.15, -0.1) is 21.5 Å². The zero-order chi connectivity index (χ0) is 26.1. The number of carboxylic acids is 1. The first-order valence-corrected chi connectivity index (χ1v) is 12.6. The highest BCUT2D eigenvalue weighted by atomic mass is 32.1. The van der Waals surface area contributed by atoms with Gasteiger partial charge in [0, 0.05) is 27.8 Å². The molecule has 1 aliphatic heterocycles. The Bertz CT molecular complexity index is 1550. The summed E-state index contributed by atoms with van der Waals surface area (Å²) in [4.78, 5) is 30.1. The predicted octanol–water partition coefficient (Wildman–Crippen LogP) is 5.27. The molecule has 4 aromatic rings. The van der Waals surface area contributed by atoms with Crippen LogP contribution in [0, 0.1) is 20.8 Å². The van der Waals surface area contributed by atoms with Crippen molar-refractivity contribution < 1.29 is 14.7 Å². The number of thiophene rings is 1. The summed E-state index contributed by atoms with van der Waals surface area (Å²) in [5.41, 5.74) is 5.23. The molecule has 2 aromatic heterocycles. The number of nitrogens with zero attached hydrogens (tertiary/aromatic N) is 4. The van der Waals surface area contributed by atoms with Crippen molar-refractivity contribution in [1.82, 2.24) is 14.8 Å². The number of anilines is 1. The minimum absolute atomic E-state index is 0.189. The van der Waals surface area contributed by atoms with Crippen LogP contribution in [0.1, 0.15) is 51.2 Å². The number of benzene rings is 2. The van der Waals surface area contributed by atoms with Crippen LogP contribution < -0.4 is 5.32 Å². The molecule has 5 rings (SSSR count). The molecule has 0 saturated carbocycles. The molecule has 8 nitrogen and oxygen atoms in total. The Morgan fingerprint density at radius 2 is 1.78 bits per heavy atom. The molecule has 186 valence electrons. The summed E-state index contributed by atoms with van der Waals surface area (Å²) >= 11 is 1.63. The molecular weight excluding hydrogens is 486 g/mol. The monoisotopic (exact) mass is 511 g/mol. The Hall–Kier alpha value is -4.37. The summed E-state index contributed by atoms with van der Waals surface area (Å²) < 4.78 is 1.94. The van der Waals surface area contributed by atoms with Crippen LogP contribution in [0.25, 0.3) is 11.1 Å². The average Bonchev–Trinajstić information content (AvgIpc) is 3.35.